The zero-order valence-electron chi connectivity index (χ0n) is 15.0. The van der Waals surface area contributed by atoms with E-state index in [1.165, 1.54) is 0 Å². The van der Waals surface area contributed by atoms with Crippen LogP contribution in [-0.4, -0.2) is 29.8 Å². The molecule has 0 radical (unpaired) electrons. The lowest BCUT2D eigenvalue weighted by atomic mass is 10.1. The fourth-order valence-electron chi connectivity index (χ4n) is 2.53. The number of hydrogen-bond donors (Lipinski definition) is 2. The number of nitrogens with two attached hydrogens (primary N) is 1. The molecule has 3 N–H and O–H groups in total. The SMILES string of the molecule is CCN(CC)C(=O)c1ccc(NC(=O)c2cc(N)ccc2C)cc1Cl.Cl. The monoisotopic (exact) mass is 395 g/mol. The maximum Gasteiger partial charge on any atom is 0.256 e. The third kappa shape index (κ3) is 4.90. The lowest BCUT2D eigenvalue weighted by Gasteiger charge is -2.19. The van der Waals surface area contributed by atoms with Crippen LogP contribution in [0.3, 0.4) is 0 Å². The first-order chi connectivity index (χ1) is 11.9. The Morgan fingerprint density at radius 1 is 1.08 bits per heavy atom. The Hall–Kier alpha value is -2.24. The lowest BCUT2D eigenvalue weighted by molar-refractivity contribution is 0.0773. The highest BCUT2D eigenvalue weighted by molar-refractivity contribution is 6.34. The second-order valence-corrected chi connectivity index (χ2v) is 6.11. The van der Waals surface area contributed by atoms with Crippen molar-refractivity contribution < 1.29 is 9.59 Å². The van der Waals surface area contributed by atoms with Crippen molar-refractivity contribution in [2.45, 2.75) is 20.8 Å². The Balaban J connectivity index is 0.00000338. The molecule has 0 bridgehead atoms. The van der Waals surface area contributed by atoms with Gasteiger partial charge in [0.25, 0.3) is 11.8 Å². The highest BCUT2D eigenvalue weighted by atomic mass is 35.5. The van der Waals surface area contributed by atoms with Crippen molar-refractivity contribution in [3.63, 3.8) is 0 Å². The maximum atomic E-state index is 12.4. The number of halogens is 2. The predicted octanol–water partition coefficient (Wildman–Crippen LogP) is 4.39. The summed E-state index contributed by atoms with van der Waals surface area (Å²) in [4.78, 5) is 26.5. The third-order valence-corrected chi connectivity index (χ3v) is 4.33. The normalized spacial score (nSPS) is 10.0. The van der Waals surface area contributed by atoms with Crippen LogP contribution >= 0.6 is 24.0 Å². The highest BCUT2D eigenvalue weighted by Gasteiger charge is 2.17. The van der Waals surface area contributed by atoms with Crippen LogP contribution in [-0.2, 0) is 0 Å². The van der Waals surface area contributed by atoms with Gasteiger partial charge in [-0.2, -0.15) is 0 Å². The maximum absolute atomic E-state index is 12.4. The second kappa shape index (κ2) is 9.46. The molecular formula is C19H23Cl2N3O2. The van der Waals surface area contributed by atoms with Crippen molar-refractivity contribution in [3.05, 3.63) is 58.1 Å². The van der Waals surface area contributed by atoms with Gasteiger partial charge in [-0.25, -0.2) is 0 Å². The number of anilines is 2. The minimum atomic E-state index is -0.274. The lowest BCUT2D eigenvalue weighted by Crippen LogP contribution is -2.30. The molecule has 0 unspecified atom stereocenters. The molecule has 0 aliphatic carbocycles. The number of nitrogens with zero attached hydrogens (tertiary/aromatic N) is 1. The number of carbonyl (C=O) groups excluding carboxylic acids is 2. The van der Waals surface area contributed by atoms with Crippen LogP contribution in [0.1, 0.15) is 40.1 Å². The molecule has 2 rings (SSSR count). The Labute approximate surface area is 164 Å². The minimum Gasteiger partial charge on any atom is -0.399 e. The molecule has 0 spiro atoms. The molecule has 0 aliphatic heterocycles. The van der Waals surface area contributed by atoms with Crippen LogP contribution in [0.25, 0.3) is 0 Å². The highest BCUT2D eigenvalue weighted by Crippen LogP contribution is 2.23. The van der Waals surface area contributed by atoms with Crippen molar-refractivity contribution in [1.82, 2.24) is 4.90 Å². The van der Waals surface area contributed by atoms with Crippen molar-refractivity contribution >= 4 is 47.2 Å². The van der Waals surface area contributed by atoms with Crippen LogP contribution in [0, 0.1) is 6.92 Å². The average molecular weight is 396 g/mol. The Kier molecular flexibility index (Phi) is 7.93. The molecule has 0 heterocycles. The van der Waals surface area contributed by atoms with Crippen LogP contribution in [0.15, 0.2) is 36.4 Å². The van der Waals surface area contributed by atoms with Crippen LogP contribution in [0.2, 0.25) is 5.02 Å². The summed E-state index contributed by atoms with van der Waals surface area (Å²) in [7, 11) is 0. The number of aryl methyl sites for hydroxylation is 1. The first-order valence-electron chi connectivity index (χ1n) is 8.13. The van der Waals surface area contributed by atoms with E-state index in [0.717, 1.165) is 5.56 Å². The van der Waals surface area contributed by atoms with E-state index < -0.39 is 0 Å². The largest absolute Gasteiger partial charge is 0.399 e. The zero-order chi connectivity index (χ0) is 18.6. The third-order valence-electron chi connectivity index (χ3n) is 4.01. The second-order valence-electron chi connectivity index (χ2n) is 5.70. The molecule has 0 aliphatic rings. The molecule has 2 aromatic rings. The van der Waals surface area contributed by atoms with Crippen molar-refractivity contribution in [1.29, 1.82) is 0 Å². The van der Waals surface area contributed by atoms with Gasteiger partial charge in [0, 0.05) is 30.0 Å². The molecular weight excluding hydrogens is 373 g/mol. The Bertz CT molecular complexity index is 805. The molecule has 0 fully saturated rings. The Morgan fingerprint density at radius 2 is 1.73 bits per heavy atom. The van der Waals surface area contributed by atoms with Crippen LogP contribution < -0.4 is 11.1 Å². The molecule has 0 saturated heterocycles. The summed E-state index contributed by atoms with van der Waals surface area (Å²) in [6.45, 7) is 6.89. The van der Waals surface area contributed by atoms with Gasteiger partial charge in [-0.15, -0.1) is 12.4 Å². The van der Waals surface area contributed by atoms with Gasteiger partial charge in [0.1, 0.15) is 0 Å². The van der Waals surface area contributed by atoms with Gasteiger partial charge in [0.15, 0.2) is 0 Å². The van der Waals surface area contributed by atoms with E-state index in [0.29, 0.717) is 40.6 Å². The summed E-state index contributed by atoms with van der Waals surface area (Å²) in [5.41, 5.74) is 8.54. The molecule has 5 nitrogen and oxygen atoms in total. The Morgan fingerprint density at radius 3 is 2.31 bits per heavy atom. The van der Waals surface area contributed by atoms with E-state index in [1.807, 2.05) is 20.8 Å². The molecule has 0 aromatic heterocycles. The number of benzene rings is 2. The fraction of sp³-hybridized carbons (Fsp3) is 0.263. The molecule has 2 amide bonds. The first kappa shape index (κ1) is 21.8. The van der Waals surface area contributed by atoms with E-state index in [1.54, 1.807) is 41.3 Å². The van der Waals surface area contributed by atoms with Crippen LogP contribution in [0.4, 0.5) is 11.4 Å². The molecule has 2 aromatic carbocycles. The van der Waals surface area contributed by atoms with E-state index in [-0.39, 0.29) is 24.2 Å². The quantitative estimate of drug-likeness (QED) is 0.737. The summed E-state index contributed by atoms with van der Waals surface area (Å²) in [6, 6.07) is 10.1. The van der Waals surface area contributed by atoms with E-state index >= 15 is 0 Å². The smallest absolute Gasteiger partial charge is 0.256 e. The summed E-state index contributed by atoms with van der Waals surface area (Å²) < 4.78 is 0. The molecule has 0 saturated carbocycles. The van der Waals surface area contributed by atoms with Gasteiger partial charge in [0.05, 0.1) is 10.6 Å². The minimum absolute atomic E-state index is 0. The number of carbonyl (C=O) groups is 2. The molecule has 0 atom stereocenters. The van der Waals surface area contributed by atoms with Gasteiger partial charge < -0.3 is 16.0 Å². The van der Waals surface area contributed by atoms with Gasteiger partial charge in [-0.3, -0.25) is 9.59 Å². The van der Waals surface area contributed by atoms with Gasteiger partial charge >= 0.3 is 0 Å². The summed E-state index contributed by atoms with van der Waals surface area (Å²) in [5.74, 6) is -0.400. The molecule has 140 valence electrons. The number of nitrogen functional groups attached to an aromatic ring is 1. The van der Waals surface area contributed by atoms with E-state index in [4.69, 9.17) is 17.3 Å². The number of rotatable bonds is 5. The predicted molar refractivity (Wildman–Crippen MR) is 109 cm³/mol. The van der Waals surface area contributed by atoms with Crippen molar-refractivity contribution in [2.24, 2.45) is 0 Å². The van der Waals surface area contributed by atoms with Crippen LogP contribution in [0.5, 0.6) is 0 Å². The number of amides is 2. The number of nitrogens with one attached hydrogen (secondary N) is 1. The van der Waals surface area contributed by atoms with Crippen molar-refractivity contribution in [2.75, 3.05) is 24.1 Å². The van der Waals surface area contributed by atoms with E-state index in [2.05, 4.69) is 5.32 Å². The first-order valence-corrected chi connectivity index (χ1v) is 8.51. The summed E-state index contributed by atoms with van der Waals surface area (Å²) in [6.07, 6.45) is 0. The van der Waals surface area contributed by atoms with E-state index in [9.17, 15) is 9.59 Å². The topological polar surface area (TPSA) is 75.4 Å². The summed E-state index contributed by atoms with van der Waals surface area (Å²) >= 11 is 6.25. The van der Waals surface area contributed by atoms with Gasteiger partial charge in [0.2, 0.25) is 0 Å². The zero-order valence-corrected chi connectivity index (χ0v) is 16.6. The van der Waals surface area contributed by atoms with Gasteiger partial charge in [-0.1, -0.05) is 17.7 Å². The van der Waals surface area contributed by atoms with Crippen molar-refractivity contribution in [3.8, 4) is 0 Å². The fourth-order valence-corrected chi connectivity index (χ4v) is 2.79. The van der Waals surface area contributed by atoms with Gasteiger partial charge in [-0.05, 0) is 56.7 Å². The number of hydrogen-bond acceptors (Lipinski definition) is 3. The summed E-state index contributed by atoms with van der Waals surface area (Å²) in [5, 5.41) is 3.09. The molecule has 7 heteroatoms. The molecule has 26 heavy (non-hydrogen) atoms. The average Bonchev–Trinajstić information content (AvgIpc) is 2.58. The standard InChI is InChI=1S/C19H22ClN3O2.ClH/c1-4-23(5-2)19(25)15-9-8-14(11-17(15)20)22-18(24)16-10-13(21)7-6-12(16)3;/h6-11H,4-5,21H2,1-3H3,(H,22,24);1H.